The van der Waals surface area contributed by atoms with Crippen LogP contribution < -0.4 is 4.74 Å². The summed E-state index contributed by atoms with van der Waals surface area (Å²) in [7, 11) is 0. The highest BCUT2D eigenvalue weighted by atomic mass is 79.9. The molecule has 2 aliphatic carbocycles. The molecule has 0 bridgehead atoms. The number of carboxylic acid groups (broad SMARTS) is 1. The maximum absolute atomic E-state index is 11.5. The van der Waals surface area contributed by atoms with E-state index in [2.05, 4.69) is 15.9 Å². The number of ether oxygens (including phenoxy) is 1. The highest BCUT2D eigenvalue weighted by molar-refractivity contribution is 9.10. The first-order valence-electron chi connectivity index (χ1n) is 6.71. The maximum Gasteiger partial charge on any atom is 0.309 e. The Kier molecular flexibility index (Phi) is 3.29. The van der Waals surface area contributed by atoms with Crippen LogP contribution in [0.1, 0.15) is 25.7 Å². The van der Waals surface area contributed by atoms with Gasteiger partial charge in [-0.25, -0.2) is 0 Å². The summed E-state index contributed by atoms with van der Waals surface area (Å²) in [6.07, 6.45) is 3.54. The van der Waals surface area contributed by atoms with Gasteiger partial charge < -0.3 is 9.84 Å². The van der Waals surface area contributed by atoms with E-state index < -0.39 is 11.4 Å². The molecule has 0 amide bonds. The lowest BCUT2D eigenvalue weighted by Crippen LogP contribution is -2.31. The monoisotopic (exact) mass is 324 g/mol. The molecule has 0 spiro atoms. The van der Waals surface area contributed by atoms with Crippen LogP contribution in [0.25, 0.3) is 0 Å². The van der Waals surface area contributed by atoms with Gasteiger partial charge in [-0.2, -0.15) is 0 Å². The van der Waals surface area contributed by atoms with Crippen LogP contribution in [0.5, 0.6) is 5.75 Å². The highest BCUT2D eigenvalue weighted by Gasteiger charge is 2.57. The molecule has 0 radical (unpaired) electrons. The summed E-state index contributed by atoms with van der Waals surface area (Å²) in [6, 6.07) is 7.63. The molecule has 4 heteroatoms. The van der Waals surface area contributed by atoms with Gasteiger partial charge in [0.15, 0.2) is 0 Å². The molecular formula is C15H17BrO3. The van der Waals surface area contributed by atoms with Gasteiger partial charge in [-0.3, -0.25) is 4.79 Å². The molecule has 3 rings (SSSR count). The fourth-order valence-electron chi connectivity index (χ4n) is 3.28. The number of rotatable bonds is 5. The lowest BCUT2D eigenvalue weighted by molar-refractivity contribution is -0.150. The Labute approximate surface area is 121 Å². The number of fused-ring (bicyclic) bond motifs is 1. The molecular weight excluding hydrogens is 308 g/mol. The van der Waals surface area contributed by atoms with Crippen molar-refractivity contribution in [2.24, 2.45) is 17.3 Å². The second-order valence-electron chi connectivity index (χ2n) is 5.80. The van der Waals surface area contributed by atoms with E-state index in [1.807, 2.05) is 24.3 Å². The van der Waals surface area contributed by atoms with Crippen molar-refractivity contribution < 1.29 is 14.6 Å². The van der Waals surface area contributed by atoms with Gasteiger partial charge in [0, 0.05) is 4.47 Å². The minimum atomic E-state index is -0.640. The van der Waals surface area contributed by atoms with E-state index >= 15 is 0 Å². The van der Waals surface area contributed by atoms with Crippen molar-refractivity contribution in [2.75, 3.05) is 6.61 Å². The fraction of sp³-hybridized carbons (Fsp3) is 0.533. The van der Waals surface area contributed by atoms with Crippen molar-refractivity contribution in [1.29, 1.82) is 0 Å². The number of hydrogen-bond donors (Lipinski definition) is 1. The third kappa shape index (κ3) is 2.64. The zero-order valence-corrected chi connectivity index (χ0v) is 12.2. The van der Waals surface area contributed by atoms with Crippen molar-refractivity contribution in [1.82, 2.24) is 0 Å². The predicted octanol–water partition coefficient (Wildman–Crippen LogP) is 3.72. The lowest BCUT2D eigenvalue weighted by atomic mass is 9.80. The summed E-state index contributed by atoms with van der Waals surface area (Å²) < 4.78 is 6.68. The maximum atomic E-state index is 11.5. The van der Waals surface area contributed by atoms with Crippen LogP contribution in [-0.4, -0.2) is 17.7 Å². The second-order valence-corrected chi connectivity index (χ2v) is 6.72. The summed E-state index contributed by atoms with van der Waals surface area (Å²) in [6.45, 7) is 0.480. The van der Waals surface area contributed by atoms with Crippen molar-refractivity contribution in [3.05, 3.63) is 28.7 Å². The molecule has 1 N–H and O–H groups in total. The van der Waals surface area contributed by atoms with Crippen LogP contribution in [0.3, 0.4) is 0 Å². The van der Waals surface area contributed by atoms with Crippen LogP contribution in [0, 0.1) is 17.3 Å². The molecule has 2 unspecified atom stereocenters. The molecule has 0 aromatic heterocycles. The topological polar surface area (TPSA) is 46.5 Å². The molecule has 1 aromatic rings. The third-order valence-electron chi connectivity index (χ3n) is 4.49. The van der Waals surface area contributed by atoms with E-state index in [1.165, 1.54) is 6.42 Å². The SMILES string of the molecule is O=C(O)C1(CCOc2ccc(Br)cc2)CC2CC2C1. The Morgan fingerprint density at radius 2 is 1.95 bits per heavy atom. The van der Waals surface area contributed by atoms with Gasteiger partial charge in [0.2, 0.25) is 0 Å². The molecule has 102 valence electrons. The van der Waals surface area contributed by atoms with Gasteiger partial charge in [0.1, 0.15) is 5.75 Å². The standard InChI is InChI=1S/C15H17BrO3/c16-12-1-3-13(4-2-12)19-6-5-15(14(17)18)8-10-7-11(10)9-15/h1-4,10-11H,5-9H2,(H,17,18). The van der Waals surface area contributed by atoms with Crippen LogP contribution in [-0.2, 0) is 4.79 Å². The lowest BCUT2D eigenvalue weighted by Gasteiger charge is -2.25. The first-order valence-corrected chi connectivity index (χ1v) is 7.50. The predicted molar refractivity (Wildman–Crippen MR) is 75.2 cm³/mol. The Balaban J connectivity index is 1.56. The number of benzene rings is 1. The first kappa shape index (κ1) is 13.0. The average Bonchev–Trinajstić information content (AvgIpc) is 3.00. The molecule has 19 heavy (non-hydrogen) atoms. The number of carbonyl (C=O) groups is 1. The molecule has 1 aromatic carbocycles. The largest absolute Gasteiger partial charge is 0.494 e. The Morgan fingerprint density at radius 1 is 1.32 bits per heavy atom. The number of aliphatic carboxylic acids is 1. The fourth-order valence-corrected chi connectivity index (χ4v) is 3.54. The number of hydrogen-bond acceptors (Lipinski definition) is 2. The second kappa shape index (κ2) is 4.82. The molecule has 0 aliphatic heterocycles. The molecule has 2 atom stereocenters. The van der Waals surface area contributed by atoms with E-state index in [-0.39, 0.29) is 0 Å². The van der Waals surface area contributed by atoms with E-state index in [4.69, 9.17) is 4.74 Å². The van der Waals surface area contributed by atoms with E-state index in [1.54, 1.807) is 0 Å². The molecule has 2 aliphatic rings. The quantitative estimate of drug-likeness (QED) is 0.897. The zero-order chi connectivity index (χ0) is 13.5. The average molecular weight is 325 g/mol. The first-order chi connectivity index (χ1) is 9.09. The van der Waals surface area contributed by atoms with Crippen molar-refractivity contribution in [3.63, 3.8) is 0 Å². The van der Waals surface area contributed by atoms with E-state index in [0.717, 1.165) is 23.1 Å². The Morgan fingerprint density at radius 3 is 2.53 bits per heavy atom. The van der Waals surface area contributed by atoms with Crippen LogP contribution in [0.4, 0.5) is 0 Å². The summed E-state index contributed by atoms with van der Waals surface area (Å²) in [5.41, 5.74) is -0.525. The minimum Gasteiger partial charge on any atom is -0.494 e. The molecule has 3 nitrogen and oxygen atoms in total. The molecule has 2 saturated carbocycles. The minimum absolute atomic E-state index is 0.480. The van der Waals surface area contributed by atoms with Crippen LogP contribution in [0.15, 0.2) is 28.7 Å². The zero-order valence-electron chi connectivity index (χ0n) is 10.6. The molecule has 2 fully saturated rings. The van der Waals surface area contributed by atoms with Gasteiger partial charge in [0.05, 0.1) is 12.0 Å². The molecule has 0 saturated heterocycles. The van der Waals surface area contributed by atoms with Gasteiger partial charge in [-0.1, -0.05) is 15.9 Å². The van der Waals surface area contributed by atoms with Crippen molar-refractivity contribution >= 4 is 21.9 Å². The third-order valence-corrected chi connectivity index (χ3v) is 5.02. The van der Waals surface area contributed by atoms with Gasteiger partial charge in [0.25, 0.3) is 0 Å². The smallest absolute Gasteiger partial charge is 0.309 e. The molecule has 0 heterocycles. The van der Waals surface area contributed by atoms with Gasteiger partial charge in [-0.15, -0.1) is 0 Å². The summed E-state index contributed by atoms with van der Waals surface area (Å²) in [5.74, 6) is 1.50. The summed E-state index contributed by atoms with van der Waals surface area (Å²) >= 11 is 3.37. The van der Waals surface area contributed by atoms with Gasteiger partial charge in [-0.05, 0) is 61.8 Å². The normalized spacial score (nSPS) is 31.8. The van der Waals surface area contributed by atoms with Crippen LogP contribution >= 0.6 is 15.9 Å². The number of halogens is 1. The van der Waals surface area contributed by atoms with Crippen molar-refractivity contribution in [2.45, 2.75) is 25.7 Å². The summed E-state index contributed by atoms with van der Waals surface area (Å²) in [5, 5.41) is 9.47. The van der Waals surface area contributed by atoms with E-state index in [9.17, 15) is 9.90 Å². The summed E-state index contributed by atoms with van der Waals surface area (Å²) in [4.78, 5) is 11.5. The highest BCUT2D eigenvalue weighted by Crippen LogP contribution is 2.61. The van der Waals surface area contributed by atoms with Gasteiger partial charge >= 0.3 is 5.97 Å². The Bertz CT molecular complexity index is 473. The Hall–Kier alpha value is -1.03. The van der Waals surface area contributed by atoms with E-state index in [0.29, 0.717) is 24.9 Å². The van der Waals surface area contributed by atoms with Crippen LogP contribution in [0.2, 0.25) is 0 Å². The van der Waals surface area contributed by atoms with Crippen molar-refractivity contribution in [3.8, 4) is 5.75 Å². The number of carboxylic acids is 1.